The lowest BCUT2D eigenvalue weighted by Gasteiger charge is -2.32. The Morgan fingerprint density at radius 2 is 1.72 bits per heavy atom. The van der Waals surface area contributed by atoms with E-state index in [1.165, 1.54) is 0 Å². The average Bonchev–Trinajstić information content (AvgIpc) is 3.32. The summed E-state index contributed by atoms with van der Waals surface area (Å²) < 4.78 is 1.74. The highest BCUT2D eigenvalue weighted by atomic mass is 16.1. The van der Waals surface area contributed by atoms with Crippen molar-refractivity contribution in [3.05, 3.63) is 85.1 Å². The van der Waals surface area contributed by atoms with Gasteiger partial charge in [0.2, 0.25) is 5.95 Å². The number of carbonyl (C=O) groups excluding carboxylic acids is 1. The van der Waals surface area contributed by atoms with E-state index in [-0.39, 0.29) is 11.9 Å². The summed E-state index contributed by atoms with van der Waals surface area (Å²) in [4.78, 5) is 28.3. The highest BCUT2D eigenvalue weighted by molar-refractivity contribution is 6.00. The van der Waals surface area contributed by atoms with Gasteiger partial charge in [-0.3, -0.25) is 9.78 Å². The fourth-order valence-electron chi connectivity index (χ4n) is 3.91. The molecule has 0 aliphatic carbocycles. The zero-order valence-corrected chi connectivity index (χ0v) is 17.5. The monoisotopic (exact) mass is 425 g/mol. The van der Waals surface area contributed by atoms with Gasteiger partial charge in [0.25, 0.3) is 5.91 Å². The minimum Gasteiger partial charge on any atom is -0.349 e. The molecule has 0 spiro atoms. The van der Waals surface area contributed by atoms with E-state index in [1.807, 2.05) is 48.5 Å². The van der Waals surface area contributed by atoms with Crippen molar-refractivity contribution in [2.24, 2.45) is 0 Å². The van der Waals surface area contributed by atoms with Gasteiger partial charge in [-0.05, 0) is 43.2 Å². The van der Waals surface area contributed by atoms with Crippen LogP contribution in [-0.4, -0.2) is 49.8 Å². The third kappa shape index (κ3) is 4.20. The number of piperidine rings is 1. The van der Waals surface area contributed by atoms with Crippen LogP contribution in [0.5, 0.6) is 0 Å². The van der Waals surface area contributed by atoms with Gasteiger partial charge in [0.1, 0.15) is 5.69 Å². The van der Waals surface area contributed by atoms with Crippen molar-refractivity contribution in [2.45, 2.75) is 18.9 Å². The molecule has 0 atom stereocenters. The highest BCUT2D eigenvalue weighted by Gasteiger charge is 2.25. The Morgan fingerprint density at radius 1 is 0.938 bits per heavy atom. The number of pyridine rings is 1. The van der Waals surface area contributed by atoms with E-state index in [0.29, 0.717) is 11.3 Å². The molecule has 4 aromatic rings. The van der Waals surface area contributed by atoms with Crippen LogP contribution in [0, 0.1) is 0 Å². The van der Waals surface area contributed by atoms with Crippen LogP contribution < -0.4 is 10.2 Å². The molecule has 1 aliphatic rings. The SMILES string of the molecule is O=C(NC1CCN(c2ncccn2)CC1)c1cn(-c2ccccc2)nc1-c1cccnc1. The number of nitrogens with zero attached hydrogens (tertiary/aromatic N) is 6. The summed E-state index contributed by atoms with van der Waals surface area (Å²) in [5, 5.41) is 7.91. The molecule has 4 heterocycles. The molecule has 1 fully saturated rings. The Hall–Kier alpha value is -4.07. The number of para-hydroxylation sites is 1. The third-order valence-electron chi connectivity index (χ3n) is 5.58. The number of hydrogen-bond donors (Lipinski definition) is 1. The topological polar surface area (TPSA) is 88.8 Å². The zero-order chi connectivity index (χ0) is 21.8. The van der Waals surface area contributed by atoms with Crippen LogP contribution in [-0.2, 0) is 0 Å². The Labute approximate surface area is 186 Å². The van der Waals surface area contributed by atoms with Gasteiger partial charge < -0.3 is 10.2 Å². The molecule has 0 bridgehead atoms. The number of anilines is 1. The molecule has 1 aromatic carbocycles. The maximum atomic E-state index is 13.3. The van der Waals surface area contributed by atoms with E-state index in [2.05, 4.69) is 25.2 Å². The third-order valence-corrected chi connectivity index (χ3v) is 5.58. The quantitative estimate of drug-likeness (QED) is 0.529. The number of hydrogen-bond acceptors (Lipinski definition) is 6. The number of aromatic nitrogens is 5. The van der Waals surface area contributed by atoms with E-state index in [1.54, 1.807) is 35.7 Å². The summed E-state index contributed by atoms with van der Waals surface area (Å²) in [5.74, 6) is 0.612. The summed E-state index contributed by atoms with van der Waals surface area (Å²) in [7, 11) is 0. The van der Waals surface area contributed by atoms with Gasteiger partial charge in [-0.15, -0.1) is 0 Å². The van der Waals surface area contributed by atoms with Crippen molar-refractivity contribution in [1.82, 2.24) is 30.0 Å². The molecule has 1 amide bonds. The largest absolute Gasteiger partial charge is 0.349 e. The van der Waals surface area contributed by atoms with E-state index in [9.17, 15) is 4.79 Å². The van der Waals surface area contributed by atoms with Gasteiger partial charge in [-0.2, -0.15) is 5.10 Å². The summed E-state index contributed by atoms with van der Waals surface area (Å²) >= 11 is 0. The van der Waals surface area contributed by atoms with Crippen molar-refractivity contribution in [3.63, 3.8) is 0 Å². The molecule has 0 unspecified atom stereocenters. The first-order chi connectivity index (χ1) is 15.8. The maximum Gasteiger partial charge on any atom is 0.255 e. The Morgan fingerprint density at radius 3 is 2.44 bits per heavy atom. The van der Waals surface area contributed by atoms with Crippen LogP contribution in [0.3, 0.4) is 0 Å². The summed E-state index contributed by atoms with van der Waals surface area (Å²) in [6.07, 6.45) is 10.4. The van der Waals surface area contributed by atoms with E-state index >= 15 is 0 Å². The first-order valence-corrected chi connectivity index (χ1v) is 10.7. The van der Waals surface area contributed by atoms with E-state index in [0.717, 1.165) is 43.1 Å². The Kier molecular flexibility index (Phi) is 5.57. The Balaban J connectivity index is 1.35. The second-order valence-electron chi connectivity index (χ2n) is 7.70. The lowest BCUT2D eigenvalue weighted by atomic mass is 10.0. The second-order valence-corrected chi connectivity index (χ2v) is 7.70. The predicted molar refractivity (Wildman–Crippen MR) is 122 cm³/mol. The molecule has 0 radical (unpaired) electrons. The van der Waals surface area contributed by atoms with Crippen LogP contribution in [0.2, 0.25) is 0 Å². The highest BCUT2D eigenvalue weighted by Crippen LogP contribution is 2.24. The maximum absolute atomic E-state index is 13.3. The van der Waals surface area contributed by atoms with Crippen molar-refractivity contribution in [2.75, 3.05) is 18.0 Å². The first kappa shape index (κ1) is 19.9. The van der Waals surface area contributed by atoms with Crippen LogP contribution in [0.25, 0.3) is 16.9 Å². The summed E-state index contributed by atoms with van der Waals surface area (Å²) in [6.45, 7) is 1.60. The molecule has 8 heteroatoms. The van der Waals surface area contributed by atoms with Gasteiger partial charge >= 0.3 is 0 Å². The van der Waals surface area contributed by atoms with Crippen molar-refractivity contribution in [3.8, 4) is 16.9 Å². The van der Waals surface area contributed by atoms with Crippen LogP contribution in [0.15, 0.2) is 79.5 Å². The van der Waals surface area contributed by atoms with Crippen molar-refractivity contribution >= 4 is 11.9 Å². The molecule has 0 saturated carbocycles. The lowest BCUT2D eigenvalue weighted by molar-refractivity contribution is 0.0931. The van der Waals surface area contributed by atoms with Gasteiger partial charge in [0.05, 0.1) is 11.3 Å². The molecular formula is C24H23N7O. The molecule has 1 aliphatic heterocycles. The molecule has 1 saturated heterocycles. The minimum atomic E-state index is -0.125. The van der Waals surface area contributed by atoms with Crippen molar-refractivity contribution < 1.29 is 4.79 Å². The van der Waals surface area contributed by atoms with Crippen LogP contribution in [0.4, 0.5) is 5.95 Å². The van der Waals surface area contributed by atoms with Gasteiger partial charge in [0, 0.05) is 55.7 Å². The fourth-order valence-corrected chi connectivity index (χ4v) is 3.91. The molecule has 5 rings (SSSR count). The van der Waals surface area contributed by atoms with Crippen LogP contribution >= 0.6 is 0 Å². The summed E-state index contributed by atoms with van der Waals surface area (Å²) in [6, 6.07) is 15.4. The number of rotatable bonds is 5. The second kappa shape index (κ2) is 8.97. The number of nitrogens with one attached hydrogen (secondary N) is 1. The smallest absolute Gasteiger partial charge is 0.255 e. The van der Waals surface area contributed by atoms with Crippen LogP contribution in [0.1, 0.15) is 23.2 Å². The Bertz CT molecular complexity index is 1170. The van der Waals surface area contributed by atoms with E-state index in [4.69, 9.17) is 5.10 Å². The molecule has 8 nitrogen and oxygen atoms in total. The lowest BCUT2D eigenvalue weighted by Crippen LogP contribution is -2.45. The van der Waals surface area contributed by atoms with Gasteiger partial charge in [-0.1, -0.05) is 18.2 Å². The molecule has 160 valence electrons. The predicted octanol–water partition coefficient (Wildman–Crippen LogP) is 3.12. The van der Waals surface area contributed by atoms with Gasteiger partial charge in [0.15, 0.2) is 0 Å². The molecular weight excluding hydrogens is 402 g/mol. The fraction of sp³-hybridized carbons (Fsp3) is 0.208. The molecule has 32 heavy (non-hydrogen) atoms. The average molecular weight is 425 g/mol. The number of benzene rings is 1. The minimum absolute atomic E-state index is 0.0873. The first-order valence-electron chi connectivity index (χ1n) is 10.7. The zero-order valence-electron chi connectivity index (χ0n) is 17.5. The normalized spacial score (nSPS) is 14.3. The number of carbonyl (C=O) groups is 1. The standard InChI is InChI=1S/C24H23N7O/c32-23(28-19-9-14-30(15-10-19)24-26-12-5-13-27-24)21-17-31(20-7-2-1-3-8-20)29-22(21)18-6-4-11-25-16-18/h1-8,11-13,16-17,19H,9-10,14-15H2,(H,28,32). The molecule has 1 N–H and O–H groups in total. The summed E-state index contributed by atoms with van der Waals surface area (Å²) in [5.41, 5.74) is 2.86. The molecule has 3 aromatic heterocycles. The number of amides is 1. The van der Waals surface area contributed by atoms with E-state index < -0.39 is 0 Å². The van der Waals surface area contributed by atoms with Gasteiger partial charge in [-0.25, -0.2) is 14.6 Å². The van der Waals surface area contributed by atoms with Crippen molar-refractivity contribution in [1.29, 1.82) is 0 Å².